The van der Waals surface area contributed by atoms with Gasteiger partial charge in [-0.15, -0.1) is 0 Å². The van der Waals surface area contributed by atoms with Crippen LogP contribution in [0.4, 0.5) is 11.4 Å². The molecule has 3 rings (SSSR count). The van der Waals surface area contributed by atoms with Crippen LogP contribution < -0.4 is 5.32 Å². The summed E-state index contributed by atoms with van der Waals surface area (Å²) in [5.41, 5.74) is 2.35. The summed E-state index contributed by atoms with van der Waals surface area (Å²) in [7, 11) is 4.10. The Balaban J connectivity index is 1.85. The molecule has 0 bridgehead atoms. The van der Waals surface area contributed by atoms with E-state index in [-0.39, 0.29) is 0 Å². The number of anilines is 1. The lowest BCUT2D eigenvalue weighted by molar-refractivity contribution is 0.112. The summed E-state index contributed by atoms with van der Waals surface area (Å²) in [6.45, 7) is 2.11. The highest BCUT2D eigenvalue weighted by Gasteiger charge is 2.34. The highest BCUT2D eigenvalue weighted by atomic mass is 16.1. The fraction of sp³-hybridized carbons (Fsp3) is 0.667. The van der Waals surface area contributed by atoms with Crippen molar-refractivity contribution in [1.29, 1.82) is 0 Å². The molecule has 0 saturated heterocycles. The lowest BCUT2D eigenvalue weighted by Crippen LogP contribution is -2.47. The molecule has 0 radical (unpaired) electrons. The topological polar surface area (TPSA) is 44.7 Å². The summed E-state index contributed by atoms with van der Waals surface area (Å²) in [5.74, 6) is 2.59. The third-order valence-electron chi connectivity index (χ3n) is 6.95. The van der Waals surface area contributed by atoms with Gasteiger partial charge in [-0.3, -0.25) is 4.79 Å². The third kappa shape index (κ3) is 4.95. The van der Waals surface area contributed by atoms with E-state index in [0.717, 1.165) is 35.3 Å². The molecule has 0 atom stereocenters. The van der Waals surface area contributed by atoms with Gasteiger partial charge in [0.05, 0.1) is 5.69 Å². The van der Waals surface area contributed by atoms with Gasteiger partial charge in [-0.1, -0.05) is 38.5 Å². The van der Waals surface area contributed by atoms with Crippen LogP contribution in [0.2, 0.25) is 0 Å². The van der Waals surface area contributed by atoms with Crippen molar-refractivity contribution in [3.05, 3.63) is 23.8 Å². The molecule has 28 heavy (non-hydrogen) atoms. The van der Waals surface area contributed by atoms with Crippen LogP contribution in [-0.4, -0.2) is 37.2 Å². The maximum atomic E-state index is 11.6. The van der Waals surface area contributed by atoms with E-state index in [1.807, 2.05) is 25.2 Å². The number of rotatable bonds is 6. The maximum absolute atomic E-state index is 11.6. The van der Waals surface area contributed by atoms with E-state index < -0.39 is 0 Å². The highest BCUT2D eigenvalue weighted by molar-refractivity contribution is 5.89. The van der Waals surface area contributed by atoms with Crippen molar-refractivity contribution < 1.29 is 4.79 Å². The van der Waals surface area contributed by atoms with Crippen LogP contribution in [0.25, 0.3) is 0 Å². The number of hydrogen-bond donors (Lipinski definition) is 1. The molecule has 1 N–H and O–H groups in total. The van der Waals surface area contributed by atoms with Gasteiger partial charge in [-0.25, -0.2) is 4.99 Å². The number of hydrogen-bond acceptors (Lipinski definition) is 3. The van der Waals surface area contributed by atoms with Gasteiger partial charge < -0.3 is 10.2 Å². The Bertz CT molecular complexity index is 654. The van der Waals surface area contributed by atoms with Crippen molar-refractivity contribution in [2.24, 2.45) is 16.8 Å². The fourth-order valence-electron chi connectivity index (χ4n) is 5.34. The molecule has 0 amide bonds. The first kappa shape index (κ1) is 20.9. The lowest BCUT2D eigenvalue weighted by atomic mass is 9.73. The van der Waals surface area contributed by atoms with E-state index in [9.17, 15) is 4.79 Å². The van der Waals surface area contributed by atoms with E-state index in [2.05, 4.69) is 24.2 Å². The molecule has 0 aromatic heterocycles. The summed E-state index contributed by atoms with van der Waals surface area (Å²) >= 11 is 0. The molecule has 4 nitrogen and oxygen atoms in total. The van der Waals surface area contributed by atoms with Crippen LogP contribution in [0.15, 0.2) is 23.2 Å². The van der Waals surface area contributed by atoms with Crippen molar-refractivity contribution in [3.63, 3.8) is 0 Å². The fourth-order valence-corrected chi connectivity index (χ4v) is 5.34. The van der Waals surface area contributed by atoms with E-state index in [0.29, 0.717) is 11.6 Å². The quantitative estimate of drug-likeness (QED) is 0.369. The largest absolute Gasteiger partial charge is 0.388 e. The van der Waals surface area contributed by atoms with Crippen LogP contribution in [0, 0.1) is 11.8 Å². The number of amidine groups is 1. The van der Waals surface area contributed by atoms with Gasteiger partial charge in [0.25, 0.3) is 0 Å². The van der Waals surface area contributed by atoms with Crippen molar-refractivity contribution >= 4 is 23.5 Å². The monoisotopic (exact) mass is 383 g/mol. The number of aldehydes is 1. The number of nitrogens with zero attached hydrogens (tertiary/aromatic N) is 2. The van der Waals surface area contributed by atoms with Gasteiger partial charge in [-0.05, 0) is 62.6 Å². The van der Waals surface area contributed by atoms with Gasteiger partial charge >= 0.3 is 0 Å². The minimum atomic E-state index is 0.584. The van der Waals surface area contributed by atoms with Gasteiger partial charge in [0.15, 0.2) is 6.29 Å². The number of nitrogens with one attached hydrogen (secondary N) is 1. The molecular weight excluding hydrogens is 346 g/mol. The van der Waals surface area contributed by atoms with Crippen molar-refractivity contribution in [1.82, 2.24) is 4.90 Å². The molecule has 154 valence electrons. The number of aliphatic imine (C=N–C) groups is 1. The minimum absolute atomic E-state index is 0.584. The first-order valence-electron chi connectivity index (χ1n) is 11.2. The second-order valence-electron chi connectivity index (χ2n) is 8.70. The molecule has 0 aliphatic heterocycles. The van der Waals surface area contributed by atoms with Crippen LogP contribution >= 0.6 is 0 Å². The molecule has 1 aromatic carbocycles. The van der Waals surface area contributed by atoms with Crippen molar-refractivity contribution in [2.45, 2.75) is 77.2 Å². The molecule has 1 aromatic rings. The Morgan fingerprint density at radius 1 is 1.07 bits per heavy atom. The second kappa shape index (κ2) is 10.1. The SMILES string of the molecule is CNc1ccc(N=C(C)N(C)C(C2CCCCC2)C2CCCCC2)c(C=O)c1. The Kier molecular flexibility index (Phi) is 7.52. The summed E-state index contributed by atoms with van der Waals surface area (Å²) in [4.78, 5) is 18.9. The zero-order chi connectivity index (χ0) is 19.9. The first-order chi connectivity index (χ1) is 13.6. The predicted molar refractivity (Wildman–Crippen MR) is 119 cm³/mol. The van der Waals surface area contributed by atoms with Crippen molar-refractivity contribution in [3.8, 4) is 0 Å². The van der Waals surface area contributed by atoms with Gasteiger partial charge in [0.1, 0.15) is 5.84 Å². The Hall–Kier alpha value is -1.84. The third-order valence-corrected chi connectivity index (χ3v) is 6.95. The van der Waals surface area contributed by atoms with Crippen LogP contribution in [0.1, 0.15) is 81.5 Å². The molecule has 2 saturated carbocycles. The average Bonchev–Trinajstić information content (AvgIpc) is 2.75. The number of carbonyl (C=O) groups excluding carboxylic acids is 1. The molecule has 0 unspecified atom stereocenters. The molecule has 0 spiro atoms. The summed E-state index contributed by atoms with van der Waals surface area (Å²) in [6, 6.07) is 6.39. The first-order valence-corrected chi connectivity index (χ1v) is 11.2. The standard InChI is InChI=1S/C24H37N3O/c1-18(26-23-15-14-22(25-2)16-21(23)17-28)27(3)24(19-10-6-4-7-11-19)20-12-8-5-9-13-20/h14-17,19-20,24-25H,4-13H2,1-3H3. The molecule has 4 heteroatoms. The molecule has 2 fully saturated rings. The van der Waals surface area contributed by atoms with Crippen LogP contribution in [-0.2, 0) is 0 Å². The van der Waals surface area contributed by atoms with E-state index >= 15 is 0 Å². The van der Waals surface area contributed by atoms with Crippen molar-refractivity contribution in [2.75, 3.05) is 19.4 Å². The Labute approximate surface area is 170 Å². The number of carbonyl (C=O) groups is 1. The normalized spacial score (nSPS) is 19.6. The predicted octanol–water partition coefficient (Wildman–Crippen LogP) is 6.05. The number of benzene rings is 1. The maximum Gasteiger partial charge on any atom is 0.152 e. The van der Waals surface area contributed by atoms with E-state index in [4.69, 9.17) is 4.99 Å². The molecular formula is C24H37N3O. The average molecular weight is 384 g/mol. The second-order valence-corrected chi connectivity index (χ2v) is 8.70. The molecule has 0 heterocycles. The van der Waals surface area contributed by atoms with Gasteiger partial charge in [0.2, 0.25) is 0 Å². The van der Waals surface area contributed by atoms with Gasteiger partial charge in [-0.2, -0.15) is 0 Å². The van der Waals surface area contributed by atoms with Crippen LogP contribution in [0.5, 0.6) is 0 Å². The summed E-state index contributed by atoms with van der Waals surface area (Å²) in [6.07, 6.45) is 14.6. The Morgan fingerprint density at radius 2 is 1.64 bits per heavy atom. The summed E-state index contributed by atoms with van der Waals surface area (Å²) in [5, 5.41) is 3.09. The van der Waals surface area contributed by atoms with E-state index in [1.54, 1.807) is 0 Å². The minimum Gasteiger partial charge on any atom is -0.388 e. The smallest absolute Gasteiger partial charge is 0.152 e. The highest BCUT2D eigenvalue weighted by Crippen LogP contribution is 2.38. The summed E-state index contributed by atoms with van der Waals surface area (Å²) < 4.78 is 0. The zero-order valence-corrected chi connectivity index (χ0v) is 17.9. The molecule has 2 aliphatic rings. The molecule has 2 aliphatic carbocycles. The van der Waals surface area contributed by atoms with Gasteiger partial charge in [0, 0.05) is 31.4 Å². The lowest BCUT2D eigenvalue weighted by Gasteiger charge is -2.44. The zero-order valence-electron chi connectivity index (χ0n) is 17.9. The van der Waals surface area contributed by atoms with E-state index in [1.165, 1.54) is 64.2 Å². The van der Waals surface area contributed by atoms with Crippen LogP contribution in [0.3, 0.4) is 0 Å². The Morgan fingerprint density at radius 3 is 2.14 bits per heavy atom.